The number of thiazole rings is 1. The van der Waals surface area contributed by atoms with Gasteiger partial charge in [0.15, 0.2) is 0 Å². The van der Waals surface area contributed by atoms with Gasteiger partial charge in [-0.05, 0) is 25.0 Å². The second kappa shape index (κ2) is 8.12. The summed E-state index contributed by atoms with van der Waals surface area (Å²) >= 11 is 1.41. The van der Waals surface area contributed by atoms with Crippen LogP contribution in [0.25, 0.3) is 0 Å². The van der Waals surface area contributed by atoms with Gasteiger partial charge in [0, 0.05) is 24.6 Å². The Morgan fingerprint density at radius 3 is 3.12 bits per heavy atom. The molecule has 7 heteroatoms. The summed E-state index contributed by atoms with van der Waals surface area (Å²) < 4.78 is 16.3. The van der Waals surface area contributed by atoms with Crippen LogP contribution in [0.4, 0.5) is 0 Å². The van der Waals surface area contributed by atoms with Crippen molar-refractivity contribution in [3.05, 3.63) is 40.3 Å². The maximum atomic E-state index is 12.1. The number of carbonyl (C=O) groups is 1. The Labute approximate surface area is 144 Å². The molecule has 1 unspecified atom stereocenters. The number of methoxy groups -OCH3 is 1. The lowest BCUT2D eigenvalue weighted by Gasteiger charge is -2.09. The Morgan fingerprint density at radius 2 is 2.33 bits per heavy atom. The smallest absolute Gasteiger partial charge is 0.270 e. The van der Waals surface area contributed by atoms with E-state index in [-0.39, 0.29) is 12.0 Å². The van der Waals surface area contributed by atoms with Crippen molar-refractivity contribution in [2.24, 2.45) is 0 Å². The van der Waals surface area contributed by atoms with Crippen LogP contribution in [0.15, 0.2) is 29.6 Å². The molecule has 2 aromatic rings. The number of hydrogen-bond donors (Lipinski definition) is 1. The number of nitrogens with zero attached hydrogens (tertiary/aromatic N) is 1. The van der Waals surface area contributed by atoms with Gasteiger partial charge < -0.3 is 19.5 Å². The predicted octanol–water partition coefficient (Wildman–Crippen LogP) is 2.64. The van der Waals surface area contributed by atoms with E-state index in [9.17, 15) is 4.79 Å². The molecule has 1 amide bonds. The minimum atomic E-state index is -0.172. The molecule has 0 spiro atoms. The number of nitrogens with one attached hydrogen (secondary N) is 1. The van der Waals surface area contributed by atoms with Crippen molar-refractivity contribution in [1.29, 1.82) is 0 Å². The van der Waals surface area contributed by atoms with E-state index in [1.54, 1.807) is 12.5 Å². The van der Waals surface area contributed by atoms with Crippen LogP contribution in [-0.4, -0.2) is 37.3 Å². The van der Waals surface area contributed by atoms with Gasteiger partial charge in [-0.2, -0.15) is 0 Å². The van der Waals surface area contributed by atoms with Crippen molar-refractivity contribution in [3.63, 3.8) is 0 Å². The first-order valence-electron chi connectivity index (χ1n) is 7.85. The van der Waals surface area contributed by atoms with Gasteiger partial charge in [-0.25, -0.2) is 4.98 Å². The van der Waals surface area contributed by atoms with Gasteiger partial charge in [-0.15, -0.1) is 11.3 Å². The van der Waals surface area contributed by atoms with Gasteiger partial charge in [-0.3, -0.25) is 4.79 Å². The molecule has 1 aliphatic rings. The van der Waals surface area contributed by atoms with Gasteiger partial charge in [0.05, 0.1) is 13.2 Å². The van der Waals surface area contributed by atoms with E-state index >= 15 is 0 Å². The SMILES string of the molecule is COc1cccc(OCc2nc(C(=O)NCC3CCCO3)cs2)c1. The molecule has 1 aromatic heterocycles. The third kappa shape index (κ3) is 4.46. The molecular weight excluding hydrogens is 328 g/mol. The summed E-state index contributed by atoms with van der Waals surface area (Å²) in [6.45, 7) is 1.63. The lowest BCUT2D eigenvalue weighted by molar-refractivity contribution is 0.0854. The molecule has 0 aliphatic carbocycles. The molecule has 24 heavy (non-hydrogen) atoms. The van der Waals surface area contributed by atoms with Crippen LogP contribution in [0.2, 0.25) is 0 Å². The molecule has 1 aromatic carbocycles. The average Bonchev–Trinajstić information content (AvgIpc) is 3.30. The van der Waals surface area contributed by atoms with Crippen molar-refractivity contribution in [2.75, 3.05) is 20.3 Å². The average molecular weight is 348 g/mol. The van der Waals surface area contributed by atoms with Crippen molar-refractivity contribution in [1.82, 2.24) is 10.3 Å². The van der Waals surface area contributed by atoms with Crippen LogP contribution < -0.4 is 14.8 Å². The first kappa shape index (κ1) is 16.7. The highest BCUT2D eigenvalue weighted by Crippen LogP contribution is 2.21. The summed E-state index contributed by atoms with van der Waals surface area (Å²) in [4.78, 5) is 16.4. The quantitative estimate of drug-likeness (QED) is 0.833. The minimum Gasteiger partial charge on any atom is -0.497 e. The van der Waals surface area contributed by atoms with Crippen LogP contribution in [0.3, 0.4) is 0 Å². The highest BCUT2D eigenvalue weighted by Gasteiger charge is 2.17. The van der Waals surface area contributed by atoms with E-state index in [2.05, 4.69) is 10.3 Å². The monoisotopic (exact) mass is 348 g/mol. The molecule has 1 fully saturated rings. The molecular formula is C17H20N2O4S. The fourth-order valence-electron chi connectivity index (χ4n) is 2.42. The maximum Gasteiger partial charge on any atom is 0.270 e. The number of ether oxygens (including phenoxy) is 3. The van der Waals surface area contributed by atoms with Crippen molar-refractivity contribution >= 4 is 17.2 Å². The third-order valence-electron chi connectivity index (χ3n) is 3.70. The molecule has 1 N–H and O–H groups in total. The Bertz CT molecular complexity index is 683. The van der Waals surface area contributed by atoms with Crippen LogP contribution in [0, 0.1) is 0 Å². The summed E-state index contributed by atoms with van der Waals surface area (Å²) in [5.74, 6) is 1.27. The van der Waals surface area contributed by atoms with Crippen LogP contribution >= 0.6 is 11.3 Å². The molecule has 3 rings (SSSR count). The summed E-state index contributed by atoms with van der Waals surface area (Å²) in [5.41, 5.74) is 0.419. The number of hydrogen-bond acceptors (Lipinski definition) is 6. The van der Waals surface area contributed by atoms with Gasteiger partial charge in [0.25, 0.3) is 5.91 Å². The summed E-state index contributed by atoms with van der Waals surface area (Å²) in [7, 11) is 1.61. The number of aromatic nitrogens is 1. The summed E-state index contributed by atoms with van der Waals surface area (Å²) in [5, 5.41) is 5.36. The van der Waals surface area contributed by atoms with Gasteiger partial charge in [0.1, 0.15) is 28.8 Å². The van der Waals surface area contributed by atoms with E-state index in [1.807, 2.05) is 24.3 Å². The van der Waals surface area contributed by atoms with Gasteiger partial charge in [0.2, 0.25) is 0 Å². The van der Waals surface area contributed by atoms with Crippen LogP contribution in [0.1, 0.15) is 28.3 Å². The Kier molecular flexibility index (Phi) is 5.66. The topological polar surface area (TPSA) is 69.7 Å². The lowest BCUT2D eigenvalue weighted by atomic mass is 10.2. The second-order valence-corrected chi connectivity index (χ2v) is 6.38. The zero-order valence-corrected chi connectivity index (χ0v) is 14.3. The van der Waals surface area contributed by atoms with E-state index in [4.69, 9.17) is 14.2 Å². The first-order valence-corrected chi connectivity index (χ1v) is 8.73. The second-order valence-electron chi connectivity index (χ2n) is 5.44. The Morgan fingerprint density at radius 1 is 1.46 bits per heavy atom. The number of rotatable bonds is 7. The van der Waals surface area contributed by atoms with Crippen molar-refractivity contribution in [2.45, 2.75) is 25.6 Å². The molecule has 0 radical (unpaired) electrons. The fraction of sp³-hybridized carbons (Fsp3) is 0.412. The number of benzene rings is 1. The van der Waals surface area contributed by atoms with Gasteiger partial charge in [-0.1, -0.05) is 6.07 Å². The first-order chi connectivity index (χ1) is 11.7. The molecule has 128 valence electrons. The van der Waals surface area contributed by atoms with Crippen molar-refractivity contribution < 1.29 is 19.0 Å². The van der Waals surface area contributed by atoms with Crippen LogP contribution in [-0.2, 0) is 11.3 Å². The predicted molar refractivity (Wildman–Crippen MR) is 90.7 cm³/mol. The molecule has 0 saturated carbocycles. The van der Waals surface area contributed by atoms with Crippen LogP contribution in [0.5, 0.6) is 11.5 Å². The highest BCUT2D eigenvalue weighted by atomic mass is 32.1. The Balaban J connectivity index is 1.50. The fourth-order valence-corrected chi connectivity index (χ4v) is 3.11. The molecule has 1 saturated heterocycles. The molecule has 6 nitrogen and oxygen atoms in total. The standard InChI is InChI=1S/C17H20N2O4S/c1-21-12-4-2-5-13(8-12)23-10-16-19-15(11-24-16)17(20)18-9-14-6-3-7-22-14/h2,4-5,8,11,14H,3,6-7,9-10H2,1H3,(H,18,20). The number of amides is 1. The molecule has 2 heterocycles. The minimum absolute atomic E-state index is 0.128. The van der Waals surface area contributed by atoms with Gasteiger partial charge >= 0.3 is 0 Å². The highest BCUT2D eigenvalue weighted by molar-refractivity contribution is 7.09. The normalized spacial score (nSPS) is 16.8. The van der Waals surface area contributed by atoms with E-state index in [1.165, 1.54) is 11.3 Å². The molecule has 1 atom stereocenters. The molecule has 1 aliphatic heterocycles. The van der Waals surface area contributed by atoms with E-state index < -0.39 is 0 Å². The van der Waals surface area contributed by atoms with E-state index in [0.29, 0.717) is 24.6 Å². The largest absolute Gasteiger partial charge is 0.497 e. The lowest BCUT2D eigenvalue weighted by Crippen LogP contribution is -2.31. The summed E-state index contributed by atoms with van der Waals surface area (Å²) in [6.07, 6.45) is 2.18. The maximum absolute atomic E-state index is 12.1. The van der Waals surface area contributed by atoms with E-state index in [0.717, 1.165) is 30.2 Å². The Hall–Kier alpha value is -2.12. The van der Waals surface area contributed by atoms with Crippen molar-refractivity contribution in [3.8, 4) is 11.5 Å². The summed E-state index contributed by atoms with van der Waals surface area (Å²) in [6, 6.07) is 7.38. The molecule has 0 bridgehead atoms. The zero-order valence-electron chi connectivity index (χ0n) is 13.5. The third-order valence-corrected chi connectivity index (χ3v) is 4.52. The zero-order chi connectivity index (χ0) is 16.8. The number of carbonyl (C=O) groups excluding carboxylic acids is 1.